The van der Waals surface area contributed by atoms with Crippen LogP contribution in [0.5, 0.6) is 5.75 Å². The summed E-state index contributed by atoms with van der Waals surface area (Å²) < 4.78 is 35.3. The Morgan fingerprint density at radius 2 is 1.90 bits per heavy atom. The zero-order chi connectivity index (χ0) is 29.9. The highest BCUT2D eigenvalue weighted by Crippen LogP contribution is 2.36. The fourth-order valence-corrected chi connectivity index (χ4v) is 7.79. The minimum Gasteiger partial charge on any atom is -0.487 e. The number of fused-ring (bicyclic) bond motifs is 1. The predicted octanol–water partition coefficient (Wildman–Crippen LogP) is 4.28. The molecule has 0 unspecified atom stereocenters. The van der Waals surface area contributed by atoms with Gasteiger partial charge in [0.1, 0.15) is 35.1 Å². The Labute approximate surface area is 256 Å². The first-order valence-corrected chi connectivity index (χ1v) is 16.2. The molecule has 0 saturated carbocycles. The number of nitrogens with zero attached hydrogens (tertiary/aromatic N) is 5. The van der Waals surface area contributed by atoms with Gasteiger partial charge in [0.25, 0.3) is 0 Å². The highest BCUT2D eigenvalue weighted by atomic mass is 35.5. The highest BCUT2D eigenvalue weighted by Gasteiger charge is 2.42. The molecule has 42 heavy (non-hydrogen) atoms. The van der Waals surface area contributed by atoms with Crippen molar-refractivity contribution < 1.29 is 17.9 Å². The van der Waals surface area contributed by atoms with Crippen molar-refractivity contribution in [2.75, 3.05) is 39.3 Å². The lowest BCUT2D eigenvalue weighted by Crippen LogP contribution is -2.54. The lowest BCUT2D eigenvalue weighted by atomic mass is 10.2. The van der Waals surface area contributed by atoms with E-state index >= 15 is 0 Å². The van der Waals surface area contributed by atoms with E-state index in [0.717, 1.165) is 17.6 Å². The Kier molecular flexibility index (Phi) is 9.41. The number of ether oxygens (including phenoxy) is 1. The molecule has 1 N–H and O–H groups in total. The Bertz CT molecular complexity index is 1590. The van der Waals surface area contributed by atoms with Crippen LogP contribution in [0.4, 0.5) is 0 Å². The van der Waals surface area contributed by atoms with Crippen LogP contribution < -0.4 is 10.2 Å². The lowest BCUT2D eigenvalue weighted by molar-refractivity contribution is -0.135. The van der Waals surface area contributed by atoms with Crippen molar-refractivity contribution in [2.45, 2.75) is 44.2 Å². The van der Waals surface area contributed by atoms with Gasteiger partial charge in [0.05, 0.1) is 5.02 Å². The van der Waals surface area contributed by atoms with Crippen molar-refractivity contribution in [3.05, 3.63) is 63.8 Å². The van der Waals surface area contributed by atoms with Gasteiger partial charge in [-0.05, 0) is 51.0 Å². The number of halogens is 2. The fourth-order valence-electron chi connectivity index (χ4n) is 5.27. The maximum atomic E-state index is 13.9. The van der Waals surface area contributed by atoms with Crippen LogP contribution in [0.25, 0.3) is 10.9 Å². The second kappa shape index (κ2) is 13.0. The molecule has 1 amide bonds. The van der Waals surface area contributed by atoms with E-state index in [1.807, 2.05) is 43.0 Å². The average molecular weight is 634 g/mol. The molecule has 2 fully saturated rings. The molecule has 1 atom stereocenters. The van der Waals surface area contributed by atoms with Gasteiger partial charge in [0.15, 0.2) is 0 Å². The van der Waals surface area contributed by atoms with E-state index in [9.17, 15) is 13.2 Å². The third-order valence-electron chi connectivity index (χ3n) is 7.52. The van der Waals surface area contributed by atoms with Gasteiger partial charge < -0.3 is 20.0 Å². The van der Waals surface area contributed by atoms with E-state index in [1.54, 1.807) is 17.3 Å². The maximum Gasteiger partial charge on any atom is 0.245 e. The van der Waals surface area contributed by atoms with Crippen LogP contribution in [0.15, 0.2) is 52.5 Å². The number of aryl methyl sites for hydroxylation is 1. The van der Waals surface area contributed by atoms with Gasteiger partial charge in [-0.3, -0.25) is 4.79 Å². The van der Waals surface area contributed by atoms with Crippen molar-refractivity contribution in [1.29, 1.82) is 0 Å². The Morgan fingerprint density at radius 1 is 1.12 bits per heavy atom. The first-order chi connectivity index (χ1) is 20.2. The van der Waals surface area contributed by atoms with Crippen molar-refractivity contribution in [2.24, 2.45) is 5.10 Å². The van der Waals surface area contributed by atoms with Crippen molar-refractivity contribution in [3.8, 4) is 5.75 Å². The van der Waals surface area contributed by atoms with Crippen LogP contribution in [0.1, 0.15) is 31.0 Å². The van der Waals surface area contributed by atoms with Gasteiger partial charge in [0.2, 0.25) is 15.9 Å². The van der Waals surface area contributed by atoms with Crippen molar-refractivity contribution in [3.63, 3.8) is 0 Å². The van der Waals surface area contributed by atoms with Crippen molar-refractivity contribution in [1.82, 2.24) is 24.5 Å². The summed E-state index contributed by atoms with van der Waals surface area (Å²) in [6.45, 7) is 7.01. The number of nitrogens with one attached hydrogen (secondary N) is 1. The molecule has 3 heterocycles. The minimum absolute atomic E-state index is 0.0152. The number of hydrazone groups is 1. The number of carbonyl (C=O) groups is 1. The average Bonchev–Trinajstić information content (AvgIpc) is 3.48. The van der Waals surface area contributed by atoms with E-state index in [0.29, 0.717) is 55.9 Å². The third kappa shape index (κ3) is 6.29. The number of rotatable bonds is 9. The molecular weight excluding hydrogens is 599 g/mol. The summed E-state index contributed by atoms with van der Waals surface area (Å²) in [6.07, 6.45) is 2.77. The summed E-state index contributed by atoms with van der Waals surface area (Å²) in [5, 5.41) is 5.32. The van der Waals surface area contributed by atoms with E-state index in [4.69, 9.17) is 27.9 Å². The highest BCUT2D eigenvalue weighted by molar-refractivity contribution is 7.89. The topological polar surface area (TPSA) is 107 Å². The molecule has 0 bridgehead atoms. The van der Waals surface area contributed by atoms with Gasteiger partial charge in [-0.25, -0.2) is 13.4 Å². The lowest BCUT2D eigenvalue weighted by Gasteiger charge is -2.36. The SMILES string of the molecule is CCNN=CN1CCN(C(=O)[C@@H]2CCCN2S(=O)(=O)c2ccc(Cl)c(COc3cccc4ccc(C)nc34)c2Cl)CC1. The Hall–Kier alpha value is -3.12. The minimum atomic E-state index is -4.10. The van der Waals surface area contributed by atoms with Crippen molar-refractivity contribution >= 4 is 56.4 Å². The Morgan fingerprint density at radius 3 is 2.67 bits per heavy atom. The molecular formula is C29H34Cl2N6O4S. The molecule has 0 aliphatic carbocycles. The summed E-state index contributed by atoms with van der Waals surface area (Å²) in [5.41, 5.74) is 4.78. The van der Waals surface area contributed by atoms with Crippen LogP contribution in [0, 0.1) is 6.92 Å². The number of sulfonamides is 1. The molecule has 1 aromatic heterocycles. The van der Waals surface area contributed by atoms with Gasteiger partial charge in [-0.2, -0.15) is 9.41 Å². The standard InChI is InChI=1S/C29H34Cl2N6O4S/c1-3-32-33-19-35-14-16-36(17-15-35)29(38)24-7-5-13-37(24)42(39,40)26-12-11-23(30)22(27(26)31)18-41-25-8-4-6-21-10-9-20(2)34-28(21)25/h4,6,8-12,19,24,32H,3,5,7,13-18H2,1-2H3/t24-/m0/s1. The molecule has 5 rings (SSSR count). The zero-order valence-electron chi connectivity index (χ0n) is 23.6. The number of amides is 1. The first kappa shape index (κ1) is 30.3. The first-order valence-electron chi connectivity index (χ1n) is 14.0. The molecule has 224 valence electrons. The Balaban J connectivity index is 1.33. The normalized spacial score (nSPS) is 18.2. The number of pyridine rings is 1. The number of benzene rings is 2. The summed E-state index contributed by atoms with van der Waals surface area (Å²) in [5.74, 6) is 0.349. The smallest absolute Gasteiger partial charge is 0.245 e. The number of aromatic nitrogens is 1. The zero-order valence-corrected chi connectivity index (χ0v) is 25.9. The van der Waals surface area contributed by atoms with Crippen LogP contribution in [-0.4, -0.2) is 85.1 Å². The van der Waals surface area contributed by atoms with Crippen LogP contribution in [0.3, 0.4) is 0 Å². The van der Waals surface area contributed by atoms with E-state index in [-0.39, 0.29) is 34.0 Å². The fraction of sp³-hybridized carbons (Fsp3) is 0.414. The number of carbonyl (C=O) groups excluding carboxylic acids is 1. The second-order valence-corrected chi connectivity index (χ2v) is 12.9. The molecule has 2 aliphatic rings. The molecule has 2 saturated heterocycles. The van der Waals surface area contributed by atoms with Crippen LogP contribution in [0.2, 0.25) is 10.0 Å². The molecule has 2 aliphatic heterocycles. The summed E-state index contributed by atoms with van der Waals surface area (Å²) in [7, 11) is -4.10. The van der Waals surface area contributed by atoms with Gasteiger partial charge in [0, 0.05) is 60.9 Å². The number of piperazine rings is 1. The molecule has 2 aromatic carbocycles. The molecule has 0 spiro atoms. The second-order valence-electron chi connectivity index (χ2n) is 10.3. The molecule has 13 heteroatoms. The third-order valence-corrected chi connectivity index (χ3v) is 10.4. The molecule has 10 nitrogen and oxygen atoms in total. The largest absolute Gasteiger partial charge is 0.487 e. The summed E-state index contributed by atoms with van der Waals surface area (Å²) in [6, 6.07) is 11.6. The van der Waals surface area contributed by atoms with Crippen LogP contribution >= 0.6 is 23.2 Å². The monoisotopic (exact) mass is 632 g/mol. The van der Waals surface area contributed by atoms with E-state index < -0.39 is 16.1 Å². The van der Waals surface area contributed by atoms with E-state index in [2.05, 4.69) is 15.5 Å². The van der Waals surface area contributed by atoms with Gasteiger partial charge >= 0.3 is 0 Å². The molecule has 3 aromatic rings. The van der Waals surface area contributed by atoms with Gasteiger partial charge in [-0.15, -0.1) is 0 Å². The quantitative estimate of drug-likeness (QED) is 0.213. The number of hydrogen-bond acceptors (Lipinski definition) is 7. The summed E-state index contributed by atoms with van der Waals surface area (Å²) >= 11 is 13.2. The number of para-hydroxylation sites is 1. The summed E-state index contributed by atoms with van der Waals surface area (Å²) in [4.78, 5) is 21.8. The maximum absolute atomic E-state index is 13.9. The molecule has 0 radical (unpaired) electrons. The van der Waals surface area contributed by atoms with Crippen LogP contribution in [-0.2, 0) is 21.4 Å². The van der Waals surface area contributed by atoms with E-state index in [1.165, 1.54) is 16.4 Å². The predicted molar refractivity (Wildman–Crippen MR) is 165 cm³/mol. The number of hydrogen-bond donors (Lipinski definition) is 1. The van der Waals surface area contributed by atoms with Gasteiger partial charge in [-0.1, -0.05) is 41.4 Å².